The Morgan fingerprint density at radius 1 is 1.30 bits per heavy atom. The molecule has 1 amide bonds. The van der Waals surface area contributed by atoms with E-state index in [1.165, 1.54) is 0 Å². The van der Waals surface area contributed by atoms with E-state index in [0.717, 1.165) is 19.4 Å². The Kier molecular flexibility index (Phi) is 6.82. The maximum absolute atomic E-state index is 12.7. The van der Waals surface area contributed by atoms with Crippen molar-refractivity contribution in [2.75, 3.05) is 45.9 Å². The van der Waals surface area contributed by atoms with Gasteiger partial charge >= 0.3 is 0 Å². The molecule has 0 saturated carbocycles. The first-order valence-electron chi connectivity index (χ1n) is 8.52. The molecule has 2 aliphatic rings. The van der Waals surface area contributed by atoms with Crippen molar-refractivity contribution in [1.82, 2.24) is 14.5 Å². The van der Waals surface area contributed by atoms with Gasteiger partial charge in [0.25, 0.3) is 0 Å². The lowest BCUT2D eigenvalue weighted by atomic mass is 10.1. The van der Waals surface area contributed by atoms with Gasteiger partial charge in [0.05, 0.1) is 25.0 Å². The van der Waals surface area contributed by atoms with E-state index in [0.29, 0.717) is 39.3 Å². The Balaban J connectivity index is 1.90. The molecule has 2 atom stereocenters. The third-order valence-electron chi connectivity index (χ3n) is 4.60. The molecule has 134 valence electrons. The minimum absolute atomic E-state index is 0.0243. The number of sulfonamides is 1. The predicted molar refractivity (Wildman–Crippen MR) is 88.7 cm³/mol. The smallest absolute Gasteiger partial charge is 0.234 e. The summed E-state index contributed by atoms with van der Waals surface area (Å²) in [5.74, 6) is -0.0243. The Bertz CT molecular complexity index is 491. The minimum Gasteiger partial charge on any atom is -0.379 e. The quantitative estimate of drug-likeness (QED) is 0.733. The van der Waals surface area contributed by atoms with Crippen molar-refractivity contribution in [3.05, 3.63) is 0 Å². The summed E-state index contributed by atoms with van der Waals surface area (Å²) in [6, 6.07) is 0.153. The molecule has 2 rings (SSSR count). The van der Waals surface area contributed by atoms with Crippen LogP contribution in [0.4, 0.5) is 0 Å². The van der Waals surface area contributed by atoms with Crippen LogP contribution in [0.5, 0.6) is 0 Å². The van der Waals surface area contributed by atoms with Gasteiger partial charge < -0.3 is 10.1 Å². The summed E-state index contributed by atoms with van der Waals surface area (Å²) in [6.45, 7) is 7.30. The van der Waals surface area contributed by atoms with E-state index in [4.69, 9.17) is 4.74 Å². The molecule has 0 aromatic heterocycles. The second kappa shape index (κ2) is 8.41. The lowest BCUT2D eigenvalue weighted by molar-refractivity contribution is -0.123. The average molecular weight is 347 g/mol. The molecule has 2 aliphatic heterocycles. The summed E-state index contributed by atoms with van der Waals surface area (Å²) >= 11 is 0. The zero-order valence-corrected chi connectivity index (χ0v) is 15.0. The van der Waals surface area contributed by atoms with E-state index in [2.05, 4.69) is 5.32 Å². The molecule has 0 unspecified atom stereocenters. The Labute approximate surface area is 139 Å². The summed E-state index contributed by atoms with van der Waals surface area (Å²) < 4.78 is 32.3. The Morgan fingerprint density at radius 3 is 2.65 bits per heavy atom. The molecule has 0 radical (unpaired) electrons. The first kappa shape index (κ1) is 18.6. The van der Waals surface area contributed by atoms with Crippen LogP contribution in [0.15, 0.2) is 0 Å². The maximum atomic E-state index is 12.7. The SMILES string of the molecule is CC[C@@H](C)NC(=O)CN1CCC[C@@H](S(=O)(=O)N2CCOCC2)C1. The number of carbonyl (C=O) groups is 1. The van der Waals surface area contributed by atoms with Gasteiger partial charge in [0.15, 0.2) is 0 Å². The van der Waals surface area contributed by atoms with E-state index in [1.54, 1.807) is 4.31 Å². The van der Waals surface area contributed by atoms with Crippen molar-refractivity contribution in [3.63, 3.8) is 0 Å². The van der Waals surface area contributed by atoms with Crippen molar-refractivity contribution in [1.29, 1.82) is 0 Å². The van der Waals surface area contributed by atoms with Crippen LogP contribution < -0.4 is 5.32 Å². The number of amides is 1. The molecule has 1 N–H and O–H groups in total. The van der Waals surface area contributed by atoms with E-state index >= 15 is 0 Å². The molecule has 2 heterocycles. The highest BCUT2D eigenvalue weighted by molar-refractivity contribution is 7.89. The number of hydrogen-bond acceptors (Lipinski definition) is 5. The zero-order chi connectivity index (χ0) is 16.9. The molecule has 0 bridgehead atoms. The van der Waals surface area contributed by atoms with Gasteiger partial charge in [0.1, 0.15) is 0 Å². The molecular weight excluding hydrogens is 318 g/mol. The number of likely N-dealkylation sites (tertiary alicyclic amines) is 1. The van der Waals surface area contributed by atoms with Crippen molar-refractivity contribution >= 4 is 15.9 Å². The number of nitrogens with zero attached hydrogens (tertiary/aromatic N) is 2. The molecule has 0 aliphatic carbocycles. The number of carbonyl (C=O) groups excluding carboxylic acids is 1. The average Bonchev–Trinajstić information content (AvgIpc) is 2.55. The van der Waals surface area contributed by atoms with Crippen LogP contribution in [0.1, 0.15) is 33.1 Å². The normalized spacial score (nSPS) is 25.9. The van der Waals surface area contributed by atoms with Gasteiger partial charge in [-0.15, -0.1) is 0 Å². The van der Waals surface area contributed by atoms with Crippen LogP contribution in [0.3, 0.4) is 0 Å². The number of nitrogens with one attached hydrogen (secondary N) is 1. The molecule has 0 spiro atoms. The number of piperidine rings is 1. The van der Waals surface area contributed by atoms with Gasteiger partial charge in [-0.3, -0.25) is 9.69 Å². The van der Waals surface area contributed by atoms with Crippen LogP contribution in [-0.4, -0.2) is 80.8 Å². The predicted octanol–water partition coefficient (Wildman–Crippen LogP) is 0.0275. The lowest BCUT2D eigenvalue weighted by Gasteiger charge is -2.36. The van der Waals surface area contributed by atoms with Crippen LogP contribution >= 0.6 is 0 Å². The van der Waals surface area contributed by atoms with Gasteiger partial charge in [-0.05, 0) is 32.7 Å². The van der Waals surface area contributed by atoms with Crippen LogP contribution in [-0.2, 0) is 19.6 Å². The van der Waals surface area contributed by atoms with Gasteiger partial charge in [-0.2, -0.15) is 4.31 Å². The largest absolute Gasteiger partial charge is 0.379 e. The number of morpholine rings is 1. The molecule has 8 heteroatoms. The van der Waals surface area contributed by atoms with Crippen LogP contribution in [0.2, 0.25) is 0 Å². The third kappa shape index (κ3) is 5.14. The fraction of sp³-hybridized carbons (Fsp3) is 0.933. The van der Waals surface area contributed by atoms with Gasteiger partial charge in [-0.25, -0.2) is 8.42 Å². The van der Waals surface area contributed by atoms with E-state index < -0.39 is 15.3 Å². The molecule has 23 heavy (non-hydrogen) atoms. The van der Waals surface area contributed by atoms with Crippen molar-refractivity contribution in [2.24, 2.45) is 0 Å². The summed E-state index contributed by atoms with van der Waals surface area (Å²) in [4.78, 5) is 14.0. The van der Waals surface area contributed by atoms with Crippen molar-refractivity contribution in [2.45, 2.75) is 44.4 Å². The third-order valence-corrected chi connectivity index (χ3v) is 6.91. The molecule has 0 aromatic rings. The number of rotatable bonds is 6. The first-order valence-corrected chi connectivity index (χ1v) is 10.0. The van der Waals surface area contributed by atoms with Gasteiger partial charge in [0, 0.05) is 25.7 Å². The lowest BCUT2D eigenvalue weighted by Crippen LogP contribution is -2.52. The second-order valence-electron chi connectivity index (χ2n) is 6.43. The summed E-state index contributed by atoms with van der Waals surface area (Å²) in [7, 11) is -3.30. The molecular formula is C15H29N3O4S. The van der Waals surface area contributed by atoms with E-state index in [9.17, 15) is 13.2 Å². The summed E-state index contributed by atoms with van der Waals surface area (Å²) in [6.07, 6.45) is 2.37. The summed E-state index contributed by atoms with van der Waals surface area (Å²) in [5.41, 5.74) is 0. The first-order chi connectivity index (χ1) is 10.9. The molecule has 2 fully saturated rings. The standard InChI is InChI=1S/C15H29N3O4S/c1-3-13(2)16-15(19)12-17-6-4-5-14(11-17)23(20,21)18-7-9-22-10-8-18/h13-14H,3-12H2,1-2H3,(H,16,19)/t13-,14-/m1/s1. The minimum atomic E-state index is -3.30. The van der Waals surface area contributed by atoms with Crippen molar-refractivity contribution < 1.29 is 17.9 Å². The highest BCUT2D eigenvalue weighted by atomic mass is 32.2. The highest BCUT2D eigenvalue weighted by Gasteiger charge is 2.36. The molecule has 7 nitrogen and oxygen atoms in total. The van der Waals surface area contributed by atoms with Gasteiger partial charge in [-0.1, -0.05) is 6.92 Å². The van der Waals surface area contributed by atoms with E-state index in [-0.39, 0.29) is 18.5 Å². The van der Waals surface area contributed by atoms with Gasteiger partial charge in [0.2, 0.25) is 15.9 Å². The van der Waals surface area contributed by atoms with Crippen LogP contribution in [0, 0.1) is 0 Å². The molecule has 0 aromatic carbocycles. The Hall–Kier alpha value is -0.700. The van der Waals surface area contributed by atoms with E-state index in [1.807, 2.05) is 18.7 Å². The summed E-state index contributed by atoms with van der Waals surface area (Å²) in [5, 5.41) is 2.53. The molecule has 2 saturated heterocycles. The second-order valence-corrected chi connectivity index (χ2v) is 8.65. The zero-order valence-electron chi connectivity index (χ0n) is 14.2. The number of hydrogen-bond donors (Lipinski definition) is 1. The van der Waals surface area contributed by atoms with Crippen molar-refractivity contribution in [3.8, 4) is 0 Å². The van der Waals surface area contributed by atoms with Crippen LogP contribution in [0.25, 0.3) is 0 Å². The Morgan fingerprint density at radius 2 is 2.00 bits per heavy atom. The monoisotopic (exact) mass is 347 g/mol. The fourth-order valence-electron chi connectivity index (χ4n) is 3.04. The highest BCUT2D eigenvalue weighted by Crippen LogP contribution is 2.21. The maximum Gasteiger partial charge on any atom is 0.234 e. The fourth-order valence-corrected chi connectivity index (χ4v) is 4.98. The topological polar surface area (TPSA) is 79.0 Å². The number of ether oxygens (including phenoxy) is 1.